The van der Waals surface area contributed by atoms with Gasteiger partial charge in [0.05, 0.1) is 10.4 Å². The summed E-state index contributed by atoms with van der Waals surface area (Å²) in [6.45, 7) is 2.21. The van der Waals surface area contributed by atoms with Gasteiger partial charge in [-0.2, -0.15) is 4.57 Å². The number of pyridine rings is 1. The molecule has 2 heterocycles. The van der Waals surface area contributed by atoms with Crippen molar-refractivity contribution in [2.75, 3.05) is 0 Å². The van der Waals surface area contributed by atoms with E-state index in [2.05, 4.69) is 22.8 Å². The quantitative estimate of drug-likeness (QED) is 0.192. The predicted molar refractivity (Wildman–Crippen MR) is 134 cm³/mol. The van der Waals surface area contributed by atoms with E-state index in [-0.39, 0.29) is 11.6 Å². The van der Waals surface area contributed by atoms with Crippen LogP contribution in [0.3, 0.4) is 0 Å². The van der Waals surface area contributed by atoms with Crippen molar-refractivity contribution >= 4 is 45.6 Å². The Labute approximate surface area is 196 Å². The number of hydrogen-bond donors (Lipinski definition) is 0. The molecule has 0 N–H and O–H groups in total. The van der Waals surface area contributed by atoms with E-state index in [9.17, 15) is 14.9 Å². The van der Waals surface area contributed by atoms with E-state index in [1.54, 1.807) is 23.6 Å². The van der Waals surface area contributed by atoms with E-state index < -0.39 is 4.92 Å². The molecule has 0 aliphatic heterocycles. The number of fused-ring (bicyclic) bond motifs is 3. The maximum atomic E-state index is 12.8. The minimum atomic E-state index is -0.409. The van der Waals surface area contributed by atoms with E-state index in [0.717, 1.165) is 38.6 Å². The van der Waals surface area contributed by atoms with Gasteiger partial charge in [0.25, 0.3) is 5.69 Å². The normalized spacial score (nSPS) is 11.4. The molecule has 5 aromatic rings. The molecule has 6 heteroatoms. The molecule has 0 saturated carbocycles. The number of para-hydroxylation sites is 1. The van der Waals surface area contributed by atoms with Gasteiger partial charge in [0.1, 0.15) is 5.52 Å². The van der Waals surface area contributed by atoms with Crippen LogP contribution in [0.25, 0.3) is 34.0 Å². The molecule has 0 spiro atoms. The van der Waals surface area contributed by atoms with Crippen molar-refractivity contribution in [3.63, 3.8) is 0 Å². The standard InChI is InChI=1S/C28H22N3O3/c1-20(32)30-26-10-6-5-9-24(26)25-17-18-29(19-22-7-3-2-4-8-22)27(28(25)30)16-13-21-11-14-23(15-12-21)31(33)34/h2-18H,19H2,1H3/q+1/b16-13+. The third kappa shape index (κ3) is 3.86. The fourth-order valence-electron chi connectivity index (χ4n) is 4.37. The average molecular weight is 449 g/mol. The number of non-ortho nitro benzene ring substituents is 1. The van der Waals surface area contributed by atoms with Crippen LogP contribution < -0.4 is 4.57 Å². The first-order valence-corrected chi connectivity index (χ1v) is 11.0. The Balaban J connectivity index is 1.73. The van der Waals surface area contributed by atoms with Gasteiger partial charge in [-0.05, 0) is 29.8 Å². The van der Waals surface area contributed by atoms with Crippen molar-refractivity contribution < 1.29 is 14.3 Å². The Bertz CT molecular complexity index is 1570. The Kier molecular flexibility index (Phi) is 5.47. The van der Waals surface area contributed by atoms with Crippen LogP contribution in [0.5, 0.6) is 0 Å². The van der Waals surface area contributed by atoms with Crippen LogP contribution in [0.15, 0.2) is 91.1 Å². The van der Waals surface area contributed by atoms with Crippen molar-refractivity contribution in [2.45, 2.75) is 13.5 Å². The zero-order valence-corrected chi connectivity index (χ0v) is 18.6. The molecule has 0 atom stereocenters. The van der Waals surface area contributed by atoms with Gasteiger partial charge in [0.2, 0.25) is 11.6 Å². The van der Waals surface area contributed by atoms with Gasteiger partial charge in [0.15, 0.2) is 12.7 Å². The van der Waals surface area contributed by atoms with Crippen molar-refractivity contribution in [2.24, 2.45) is 0 Å². The molecular weight excluding hydrogens is 426 g/mol. The molecule has 0 amide bonds. The van der Waals surface area contributed by atoms with Crippen LogP contribution in [-0.4, -0.2) is 15.4 Å². The van der Waals surface area contributed by atoms with E-state index >= 15 is 0 Å². The molecule has 6 nitrogen and oxygen atoms in total. The monoisotopic (exact) mass is 448 g/mol. The molecule has 0 fully saturated rings. The number of nitro groups is 1. The molecule has 0 radical (unpaired) electrons. The molecule has 166 valence electrons. The summed E-state index contributed by atoms with van der Waals surface area (Å²) in [6.07, 6.45) is 5.94. The fourth-order valence-corrected chi connectivity index (χ4v) is 4.37. The van der Waals surface area contributed by atoms with Gasteiger partial charge in [-0.1, -0.05) is 48.5 Å². The third-order valence-electron chi connectivity index (χ3n) is 5.94. The summed E-state index contributed by atoms with van der Waals surface area (Å²) in [6, 6.07) is 26.5. The first kappa shape index (κ1) is 21.3. The zero-order chi connectivity index (χ0) is 23.7. The number of aromatic nitrogens is 2. The van der Waals surface area contributed by atoms with Gasteiger partial charge in [-0.15, -0.1) is 0 Å². The van der Waals surface area contributed by atoms with Crippen LogP contribution in [0.1, 0.15) is 28.5 Å². The lowest BCUT2D eigenvalue weighted by Crippen LogP contribution is -2.37. The average Bonchev–Trinajstić information content (AvgIpc) is 3.19. The largest absolute Gasteiger partial charge is 0.274 e. The highest BCUT2D eigenvalue weighted by molar-refractivity contribution is 6.14. The van der Waals surface area contributed by atoms with E-state index in [1.165, 1.54) is 12.1 Å². The highest BCUT2D eigenvalue weighted by Crippen LogP contribution is 2.31. The number of carbonyl (C=O) groups is 1. The fraction of sp³-hybridized carbons (Fsp3) is 0.0714. The Morgan fingerprint density at radius 3 is 2.32 bits per heavy atom. The second kappa shape index (κ2) is 8.75. The van der Waals surface area contributed by atoms with Gasteiger partial charge in [0, 0.05) is 47.5 Å². The van der Waals surface area contributed by atoms with E-state index in [1.807, 2.05) is 60.8 Å². The summed E-state index contributed by atoms with van der Waals surface area (Å²) in [5, 5.41) is 13.0. The molecule has 0 saturated heterocycles. The molecule has 0 aliphatic carbocycles. The molecule has 0 unspecified atom stereocenters. The zero-order valence-electron chi connectivity index (χ0n) is 18.6. The SMILES string of the molecule is CC(=O)n1c2ccccc2c2cc[n+](Cc3ccccc3)c(/C=C/c3ccc([N+](=O)[O-])cc3)c21. The van der Waals surface area contributed by atoms with Crippen molar-refractivity contribution in [3.8, 4) is 0 Å². The van der Waals surface area contributed by atoms with Crippen LogP contribution in [0.2, 0.25) is 0 Å². The van der Waals surface area contributed by atoms with Crippen molar-refractivity contribution in [1.82, 2.24) is 4.57 Å². The minimum Gasteiger partial charge on any atom is -0.274 e. The number of nitrogens with zero attached hydrogens (tertiary/aromatic N) is 3. The van der Waals surface area contributed by atoms with Crippen LogP contribution >= 0.6 is 0 Å². The van der Waals surface area contributed by atoms with Crippen molar-refractivity contribution in [3.05, 3.63) is 118 Å². The maximum Gasteiger partial charge on any atom is 0.269 e. The number of carbonyl (C=O) groups excluding carboxylic acids is 1. The van der Waals surface area contributed by atoms with Gasteiger partial charge < -0.3 is 0 Å². The minimum absolute atomic E-state index is 0.0510. The number of benzene rings is 3. The lowest BCUT2D eigenvalue weighted by Gasteiger charge is -2.06. The Morgan fingerprint density at radius 2 is 1.62 bits per heavy atom. The molecule has 3 aromatic carbocycles. The number of hydrogen-bond acceptors (Lipinski definition) is 3. The van der Waals surface area contributed by atoms with Crippen LogP contribution in [0.4, 0.5) is 5.69 Å². The first-order chi connectivity index (χ1) is 16.5. The maximum absolute atomic E-state index is 12.8. The van der Waals surface area contributed by atoms with E-state index in [0.29, 0.717) is 6.54 Å². The summed E-state index contributed by atoms with van der Waals surface area (Å²) in [7, 11) is 0. The van der Waals surface area contributed by atoms with Gasteiger partial charge in [-0.25, -0.2) is 0 Å². The lowest BCUT2D eigenvalue weighted by molar-refractivity contribution is -0.688. The molecular formula is C28H22N3O3+. The third-order valence-corrected chi connectivity index (χ3v) is 5.94. The van der Waals surface area contributed by atoms with E-state index in [4.69, 9.17) is 0 Å². The smallest absolute Gasteiger partial charge is 0.269 e. The Morgan fingerprint density at radius 1 is 0.912 bits per heavy atom. The molecule has 2 aromatic heterocycles. The summed E-state index contributed by atoms with van der Waals surface area (Å²) < 4.78 is 3.89. The van der Waals surface area contributed by atoms with Crippen LogP contribution in [-0.2, 0) is 6.54 Å². The molecule has 0 aliphatic rings. The van der Waals surface area contributed by atoms with Crippen molar-refractivity contribution in [1.29, 1.82) is 0 Å². The second-order valence-corrected chi connectivity index (χ2v) is 8.13. The Hall–Kier alpha value is -4.58. The molecule has 34 heavy (non-hydrogen) atoms. The number of nitro benzene ring substituents is 1. The molecule has 5 rings (SSSR count). The molecule has 0 bridgehead atoms. The van der Waals surface area contributed by atoms with Gasteiger partial charge in [-0.3, -0.25) is 19.5 Å². The lowest BCUT2D eigenvalue weighted by atomic mass is 10.1. The number of rotatable bonds is 5. The highest BCUT2D eigenvalue weighted by atomic mass is 16.6. The summed E-state index contributed by atoms with van der Waals surface area (Å²) >= 11 is 0. The highest BCUT2D eigenvalue weighted by Gasteiger charge is 2.22. The summed E-state index contributed by atoms with van der Waals surface area (Å²) in [4.78, 5) is 23.4. The summed E-state index contributed by atoms with van der Waals surface area (Å²) in [5.74, 6) is -0.0614. The first-order valence-electron chi connectivity index (χ1n) is 11.0. The van der Waals surface area contributed by atoms with Crippen LogP contribution in [0, 0.1) is 10.1 Å². The predicted octanol–water partition coefficient (Wildman–Crippen LogP) is 5.87. The van der Waals surface area contributed by atoms with Gasteiger partial charge >= 0.3 is 0 Å². The summed E-state index contributed by atoms with van der Waals surface area (Å²) in [5.41, 5.74) is 4.61. The topological polar surface area (TPSA) is 69.0 Å². The second-order valence-electron chi connectivity index (χ2n) is 8.13.